The van der Waals surface area contributed by atoms with Crippen LogP contribution in [0.2, 0.25) is 0 Å². The van der Waals surface area contributed by atoms with Crippen molar-refractivity contribution in [2.75, 3.05) is 11.5 Å². The molecule has 2 nitrogen and oxygen atoms in total. The van der Waals surface area contributed by atoms with Gasteiger partial charge in [-0.05, 0) is 29.1 Å². The van der Waals surface area contributed by atoms with Crippen LogP contribution in [-0.4, -0.2) is 17.4 Å². The first kappa shape index (κ1) is 14.0. The van der Waals surface area contributed by atoms with Gasteiger partial charge in [-0.2, -0.15) is 0 Å². The van der Waals surface area contributed by atoms with Crippen LogP contribution in [0, 0.1) is 0 Å². The molecule has 1 aliphatic heterocycles. The lowest BCUT2D eigenvalue weighted by molar-refractivity contribution is 0.0951. The second kappa shape index (κ2) is 6.70. The Morgan fingerprint density at radius 1 is 1.15 bits per heavy atom. The van der Waals surface area contributed by atoms with E-state index in [0.29, 0.717) is 11.1 Å². The van der Waals surface area contributed by atoms with Gasteiger partial charge in [-0.15, -0.1) is 34.9 Å². The van der Waals surface area contributed by atoms with E-state index in [-0.39, 0.29) is 5.91 Å². The SMILES string of the molecule is O=C(NCc1cccs1)c1ccc(C2SCCS2)cc1. The number of hydrogen-bond acceptors (Lipinski definition) is 4. The molecule has 20 heavy (non-hydrogen) atoms. The summed E-state index contributed by atoms with van der Waals surface area (Å²) in [5.74, 6) is 2.44. The minimum absolute atomic E-state index is 0.00308. The summed E-state index contributed by atoms with van der Waals surface area (Å²) in [4.78, 5) is 13.2. The number of benzene rings is 1. The third-order valence-electron chi connectivity index (χ3n) is 3.07. The second-order valence-electron chi connectivity index (χ2n) is 4.46. The van der Waals surface area contributed by atoms with Crippen LogP contribution in [0.3, 0.4) is 0 Å². The molecular weight excluding hydrogens is 306 g/mol. The monoisotopic (exact) mass is 321 g/mol. The molecule has 1 aromatic carbocycles. The van der Waals surface area contributed by atoms with Gasteiger partial charge in [0.2, 0.25) is 0 Å². The summed E-state index contributed by atoms with van der Waals surface area (Å²) >= 11 is 5.62. The Kier molecular flexibility index (Phi) is 4.70. The van der Waals surface area contributed by atoms with Crippen LogP contribution in [-0.2, 0) is 6.54 Å². The van der Waals surface area contributed by atoms with Crippen LogP contribution >= 0.6 is 34.9 Å². The van der Waals surface area contributed by atoms with Crippen LogP contribution < -0.4 is 5.32 Å². The van der Waals surface area contributed by atoms with Crippen molar-refractivity contribution in [1.82, 2.24) is 5.32 Å². The first-order valence-electron chi connectivity index (χ1n) is 6.47. The molecule has 0 unspecified atom stereocenters. The van der Waals surface area contributed by atoms with Gasteiger partial charge < -0.3 is 5.32 Å². The highest BCUT2D eigenvalue weighted by molar-refractivity contribution is 8.19. The molecule has 0 aliphatic carbocycles. The molecule has 0 atom stereocenters. The van der Waals surface area contributed by atoms with E-state index >= 15 is 0 Å². The van der Waals surface area contributed by atoms with Gasteiger partial charge in [-0.25, -0.2) is 0 Å². The molecule has 0 radical (unpaired) electrons. The highest BCUT2D eigenvalue weighted by Crippen LogP contribution is 2.45. The lowest BCUT2D eigenvalue weighted by Gasteiger charge is -2.09. The second-order valence-corrected chi connectivity index (χ2v) is 8.21. The van der Waals surface area contributed by atoms with Crippen LogP contribution in [0.4, 0.5) is 0 Å². The minimum Gasteiger partial charge on any atom is -0.347 e. The van der Waals surface area contributed by atoms with E-state index in [2.05, 4.69) is 17.4 Å². The third-order valence-corrected chi connectivity index (χ3v) is 7.05. The van der Waals surface area contributed by atoms with Crippen molar-refractivity contribution in [3.63, 3.8) is 0 Å². The average molecular weight is 321 g/mol. The predicted molar refractivity (Wildman–Crippen MR) is 89.6 cm³/mol. The molecule has 1 fully saturated rings. The van der Waals surface area contributed by atoms with Crippen molar-refractivity contribution in [1.29, 1.82) is 0 Å². The van der Waals surface area contributed by atoms with Gasteiger partial charge >= 0.3 is 0 Å². The molecule has 104 valence electrons. The number of nitrogens with one attached hydrogen (secondary N) is 1. The zero-order valence-corrected chi connectivity index (χ0v) is 13.3. The van der Waals surface area contributed by atoms with Gasteiger partial charge in [-0.3, -0.25) is 4.79 Å². The lowest BCUT2D eigenvalue weighted by atomic mass is 10.1. The Morgan fingerprint density at radius 2 is 1.90 bits per heavy atom. The molecule has 5 heteroatoms. The highest BCUT2D eigenvalue weighted by atomic mass is 32.2. The fraction of sp³-hybridized carbons (Fsp3) is 0.267. The Bertz CT molecular complexity index is 559. The number of carbonyl (C=O) groups excluding carboxylic acids is 1. The molecule has 0 saturated carbocycles. The average Bonchev–Trinajstić information content (AvgIpc) is 3.18. The zero-order chi connectivity index (χ0) is 13.8. The van der Waals surface area contributed by atoms with Gasteiger partial charge in [0.1, 0.15) is 0 Å². The largest absolute Gasteiger partial charge is 0.347 e. The summed E-state index contributed by atoms with van der Waals surface area (Å²) in [5, 5.41) is 4.97. The van der Waals surface area contributed by atoms with Gasteiger partial charge in [0.25, 0.3) is 5.91 Å². The maximum absolute atomic E-state index is 12.1. The van der Waals surface area contributed by atoms with E-state index in [0.717, 1.165) is 5.56 Å². The normalized spacial score (nSPS) is 15.4. The van der Waals surface area contributed by atoms with Crippen LogP contribution in [0.5, 0.6) is 0 Å². The van der Waals surface area contributed by atoms with Gasteiger partial charge in [0.15, 0.2) is 0 Å². The Hall–Kier alpha value is -0.910. The van der Waals surface area contributed by atoms with E-state index in [4.69, 9.17) is 0 Å². The van der Waals surface area contributed by atoms with Crippen molar-refractivity contribution in [3.05, 3.63) is 57.8 Å². The summed E-state index contributed by atoms with van der Waals surface area (Å²) in [6.07, 6.45) is 0. The van der Waals surface area contributed by atoms with Crippen LogP contribution in [0.25, 0.3) is 0 Å². The van der Waals surface area contributed by atoms with Gasteiger partial charge in [0.05, 0.1) is 11.1 Å². The van der Waals surface area contributed by atoms with E-state index in [1.165, 1.54) is 21.9 Å². The first-order valence-corrected chi connectivity index (χ1v) is 9.44. The lowest BCUT2D eigenvalue weighted by Crippen LogP contribution is -2.22. The molecule has 1 N–H and O–H groups in total. The number of carbonyl (C=O) groups is 1. The topological polar surface area (TPSA) is 29.1 Å². The van der Waals surface area contributed by atoms with Crippen LogP contribution in [0.15, 0.2) is 41.8 Å². The minimum atomic E-state index is -0.00308. The number of thioether (sulfide) groups is 2. The fourth-order valence-electron chi connectivity index (χ4n) is 2.03. The number of rotatable bonds is 4. The van der Waals surface area contributed by atoms with Crippen molar-refractivity contribution in [3.8, 4) is 0 Å². The molecule has 0 bridgehead atoms. The quantitative estimate of drug-likeness (QED) is 0.917. The van der Waals surface area contributed by atoms with Gasteiger partial charge in [0, 0.05) is 21.9 Å². The number of amides is 1. The molecule has 3 rings (SSSR count). The van der Waals surface area contributed by atoms with Crippen LogP contribution in [0.1, 0.15) is 25.4 Å². The van der Waals surface area contributed by atoms with Crippen molar-refractivity contribution >= 4 is 40.8 Å². The molecule has 1 saturated heterocycles. The number of thiophene rings is 1. The molecule has 1 amide bonds. The van der Waals surface area contributed by atoms with E-state index in [1.54, 1.807) is 11.3 Å². The zero-order valence-electron chi connectivity index (χ0n) is 10.9. The summed E-state index contributed by atoms with van der Waals surface area (Å²) in [5.41, 5.74) is 2.05. The Balaban J connectivity index is 1.60. The first-order chi connectivity index (χ1) is 9.83. The Morgan fingerprint density at radius 3 is 2.55 bits per heavy atom. The maximum atomic E-state index is 12.1. The van der Waals surface area contributed by atoms with Gasteiger partial charge in [-0.1, -0.05) is 18.2 Å². The molecule has 2 heterocycles. The van der Waals surface area contributed by atoms with E-state index in [1.807, 2.05) is 53.2 Å². The third kappa shape index (κ3) is 3.40. The van der Waals surface area contributed by atoms with E-state index < -0.39 is 0 Å². The molecule has 0 spiro atoms. The summed E-state index contributed by atoms with van der Waals surface area (Å²) < 4.78 is 0.540. The summed E-state index contributed by atoms with van der Waals surface area (Å²) in [6.45, 7) is 0.604. The number of hydrogen-bond donors (Lipinski definition) is 1. The van der Waals surface area contributed by atoms with E-state index in [9.17, 15) is 4.79 Å². The summed E-state index contributed by atoms with van der Waals surface area (Å²) in [7, 11) is 0. The summed E-state index contributed by atoms with van der Waals surface area (Å²) in [6, 6.07) is 12.0. The van der Waals surface area contributed by atoms with Crippen molar-refractivity contribution < 1.29 is 4.79 Å². The molecule has 2 aromatic rings. The fourth-order valence-corrected chi connectivity index (χ4v) is 5.53. The molecule has 1 aromatic heterocycles. The maximum Gasteiger partial charge on any atom is 0.251 e. The van der Waals surface area contributed by atoms with Crippen molar-refractivity contribution in [2.45, 2.75) is 11.1 Å². The molecular formula is C15H15NOS3. The standard InChI is InChI=1S/C15H15NOS3/c17-14(16-10-13-2-1-7-18-13)11-3-5-12(6-4-11)15-19-8-9-20-15/h1-7,15H,8-10H2,(H,16,17). The predicted octanol–water partition coefficient (Wildman–Crippen LogP) is 4.16. The Labute approximate surface area is 131 Å². The smallest absolute Gasteiger partial charge is 0.251 e. The van der Waals surface area contributed by atoms with Crippen molar-refractivity contribution in [2.24, 2.45) is 0 Å². The molecule has 1 aliphatic rings. The highest BCUT2D eigenvalue weighted by Gasteiger charge is 2.18.